The lowest BCUT2D eigenvalue weighted by Gasteiger charge is -2.38. The van der Waals surface area contributed by atoms with E-state index in [1.54, 1.807) is 0 Å². The van der Waals surface area contributed by atoms with Crippen molar-refractivity contribution in [3.05, 3.63) is 30.3 Å². The summed E-state index contributed by atoms with van der Waals surface area (Å²) in [6, 6.07) is 9.84. The maximum absolute atomic E-state index is 12.4. The van der Waals surface area contributed by atoms with E-state index in [1.807, 2.05) is 35.2 Å². The Morgan fingerprint density at radius 2 is 2.05 bits per heavy atom. The van der Waals surface area contributed by atoms with Gasteiger partial charge in [-0.3, -0.25) is 4.79 Å². The van der Waals surface area contributed by atoms with Crippen LogP contribution in [-0.4, -0.2) is 68.6 Å². The zero-order chi connectivity index (χ0) is 15.5. The zero-order valence-electron chi connectivity index (χ0n) is 12.9. The molecular formula is C15H20N6O. The number of aromatic nitrogens is 4. The lowest BCUT2D eigenvalue weighted by Crippen LogP contribution is -2.53. The number of piperazine rings is 1. The minimum Gasteiger partial charge on any atom is -0.336 e. The molecule has 1 aromatic heterocycles. The van der Waals surface area contributed by atoms with E-state index in [9.17, 15) is 4.79 Å². The first-order chi connectivity index (χ1) is 10.6. The normalized spacial score (nSPS) is 19.4. The second kappa shape index (κ2) is 6.23. The summed E-state index contributed by atoms with van der Waals surface area (Å²) in [5.74, 6) is 0.581. The number of carbonyl (C=O) groups is 1. The van der Waals surface area contributed by atoms with Gasteiger partial charge in [-0.15, -0.1) is 10.2 Å². The quantitative estimate of drug-likeness (QED) is 0.826. The average Bonchev–Trinajstić information content (AvgIpc) is 2.96. The lowest BCUT2D eigenvalue weighted by atomic mass is 10.2. The van der Waals surface area contributed by atoms with Gasteiger partial charge in [0.25, 0.3) is 0 Å². The Balaban J connectivity index is 1.66. The fraction of sp³-hybridized carbons (Fsp3) is 0.467. The van der Waals surface area contributed by atoms with Gasteiger partial charge in [0.1, 0.15) is 6.54 Å². The van der Waals surface area contributed by atoms with Crippen molar-refractivity contribution in [1.82, 2.24) is 30.0 Å². The van der Waals surface area contributed by atoms with Crippen LogP contribution in [0.5, 0.6) is 0 Å². The third kappa shape index (κ3) is 3.14. The number of benzene rings is 1. The van der Waals surface area contributed by atoms with E-state index in [2.05, 4.69) is 34.3 Å². The van der Waals surface area contributed by atoms with Gasteiger partial charge in [-0.2, -0.15) is 4.80 Å². The number of nitrogens with zero attached hydrogens (tertiary/aromatic N) is 6. The topological polar surface area (TPSA) is 67.2 Å². The van der Waals surface area contributed by atoms with Crippen LogP contribution >= 0.6 is 0 Å². The monoisotopic (exact) mass is 300 g/mol. The standard InChI is InChI=1S/C15H20N6O/c1-12-10-19(2)8-9-20(12)14(22)11-21-17-15(16-18-21)13-6-4-3-5-7-13/h3-7,12H,8-11H2,1-2H3. The molecule has 1 aliphatic rings. The minimum absolute atomic E-state index is 0.0395. The molecule has 0 saturated carbocycles. The molecule has 1 aromatic carbocycles. The molecule has 0 N–H and O–H groups in total. The second-order valence-corrected chi connectivity index (χ2v) is 5.71. The van der Waals surface area contributed by atoms with E-state index in [0.29, 0.717) is 5.82 Å². The van der Waals surface area contributed by atoms with Crippen LogP contribution in [0, 0.1) is 0 Å². The molecule has 3 rings (SSSR count). The van der Waals surface area contributed by atoms with Gasteiger partial charge in [0.05, 0.1) is 0 Å². The molecule has 1 aliphatic heterocycles. The van der Waals surface area contributed by atoms with Crippen molar-refractivity contribution >= 4 is 5.91 Å². The van der Waals surface area contributed by atoms with Gasteiger partial charge in [0.2, 0.25) is 11.7 Å². The number of likely N-dealkylation sites (N-methyl/N-ethyl adjacent to an activating group) is 1. The Kier molecular flexibility index (Phi) is 4.15. The summed E-state index contributed by atoms with van der Waals surface area (Å²) in [5.41, 5.74) is 0.897. The molecule has 1 atom stereocenters. The molecule has 0 spiro atoms. The Labute approximate surface area is 129 Å². The van der Waals surface area contributed by atoms with E-state index >= 15 is 0 Å². The van der Waals surface area contributed by atoms with Crippen molar-refractivity contribution in [2.75, 3.05) is 26.7 Å². The Hall–Kier alpha value is -2.28. The highest BCUT2D eigenvalue weighted by molar-refractivity contribution is 5.76. The Morgan fingerprint density at radius 1 is 1.27 bits per heavy atom. The van der Waals surface area contributed by atoms with Crippen molar-refractivity contribution in [3.8, 4) is 11.4 Å². The molecule has 0 aliphatic carbocycles. The largest absolute Gasteiger partial charge is 0.336 e. The smallest absolute Gasteiger partial charge is 0.246 e. The molecule has 2 heterocycles. The van der Waals surface area contributed by atoms with Crippen LogP contribution in [0.3, 0.4) is 0 Å². The maximum Gasteiger partial charge on any atom is 0.246 e. The summed E-state index contributed by atoms with van der Waals surface area (Å²) in [5, 5.41) is 12.3. The van der Waals surface area contributed by atoms with Crippen molar-refractivity contribution in [1.29, 1.82) is 0 Å². The third-order valence-corrected chi connectivity index (χ3v) is 3.91. The van der Waals surface area contributed by atoms with Gasteiger partial charge in [-0.05, 0) is 19.2 Å². The molecule has 1 saturated heterocycles. The first kappa shape index (κ1) is 14.6. The van der Waals surface area contributed by atoms with Crippen LogP contribution < -0.4 is 0 Å². The first-order valence-corrected chi connectivity index (χ1v) is 7.45. The highest BCUT2D eigenvalue weighted by Crippen LogP contribution is 2.12. The van der Waals surface area contributed by atoms with Gasteiger partial charge in [-0.25, -0.2) is 0 Å². The molecule has 7 nitrogen and oxygen atoms in total. The molecule has 22 heavy (non-hydrogen) atoms. The molecule has 1 fully saturated rings. The molecule has 1 unspecified atom stereocenters. The van der Waals surface area contributed by atoms with Crippen molar-refractivity contribution in [2.45, 2.75) is 19.5 Å². The van der Waals surface area contributed by atoms with Crippen LogP contribution in [0.1, 0.15) is 6.92 Å². The minimum atomic E-state index is 0.0395. The number of carbonyl (C=O) groups excluding carboxylic acids is 1. The van der Waals surface area contributed by atoms with E-state index in [4.69, 9.17) is 0 Å². The molecule has 0 radical (unpaired) electrons. The third-order valence-electron chi connectivity index (χ3n) is 3.91. The number of amides is 1. The van der Waals surface area contributed by atoms with E-state index in [-0.39, 0.29) is 18.5 Å². The molecule has 2 aromatic rings. The van der Waals surface area contributed by atoms with E-state index in [0.717, 1.165) is 25.2 Å². The van der Waals surface area contributed by atoms with Gasteiger partial charge in [0, 0.05) is 31.2 Å². The van der Waals surface area contributed by atoms with Gasteiger partial charge in [0.15, 0.2) is 0 Å². The van der Waals surface area contributed by atoms with Crippen molar-refractivity contribution in [3.63, 3.8) is 0 Å². The number of hydrogen-bond acceptors (Lipinski definition) is 5. The maximum atomic E-state index is 12.4. The fourth-order valence-electron chi connectivity index (χ4n) is 2.74. The van der Waals surface area contributed by atoms with E-state index < -0.39 is 0 Å². The number of hydrogen-bond donors (Lipinski definition) is 0. The highest BCUT2D eigenvalue weighted by Gasteiger charge is 2.26. The fourth-order valence-corrected chi connectivity index (χ4v) is 2.74. The molecule has 7 heteroatoms. The van der Waals surface area contributed by atoms with Gasteiger partial charge >= 0.3 is 0 Å². The summed E-state index contributed by atoms with van der Waals surface area (Å²) >= 11 is 0. The highest BCUT2D eigenvalue weighted by atomic mass is 16.2. The summed E-state index contributed by atoms with van der Waals surface area (Å²) in [7, 11) is 2.07. The van der Waals surface area contributed by atoms with Gasteiger partial charge < -0.3 is 9.80 Å². The van der Waals surface area contributed by atoms with Crippen LogP contribution in [0.15, 0.2) is 30.3 Å². The van der Waals surface area contributed by atoms with Gasteiger partial charge in [-0.1, -0.05) is 30.3 Å². The average molecular weight is 300 g/mol. The predicted molar refractivity (Wildman–Crippen MR) is 81.9 cm³/mol. The molecular weight excluding hydrogens is 280 g/mol. The Bertz CT molecular complexity index is 640. The summed E-state index contributed by atoms with van der Waals surface area (Å²) in [4.78, 5) is 17.9. The number of rotatable bonds is 3. The van der Waals surface area contributed by atoms with Crippen LogP contribution in [-0.2, 0) is 11.3 Å². The second-order valence-electron chi connectivity index (χ2n) is 5.71. The molecule has 116 valence electrons. The molecule has 0 bridgehead atoms. The Morgan fingerprint density at radius 3 is 2.77 bits per heavy atom. The lowest BCUT2D eigenvalue weighted by molar-refractivity contribution is -0.136. The first-order valence-electron chi connectivity index (χ1n) is 7.45. The predicted octanol–water partition coefficient (Wildman–Crippen LogP) is 0.503. The van der Waals surface area contributed by atoms with Crippen molar-refractivity contribution in [2.24, 2.45) is 0 Å². The van der Waals surface area contributed by atoms with Crippen LogP contribution in [0.4, 0.5) is 0 Å². The summed E-state index contributed by atoms with van der Waals surface area (Å²) in [6.45, 7) is 4.74. The summed E-state index contributed by atoms with van der Waals surface area (Å²) in [6.07, 6.45) is 0. The summed E-state index contributed by atoms with van der Waals surface area (Å²) < 4.78 is 0. The van der Waals surface area contributed by atoms with Crippen LogP contribution in [0.25, 0.3) is 11.4 Å². The van der Waals surface area contributed by atoms with E-state index in [1.165, 1.54) is 4.80 Å². The van der Waals surface area contributed by atoms with Crippen LogP contribution in [0.2, 0.25) is 0 Å². The molecule has 1 amide bonds. The number of tetrazole rings is 1. The van der Waals surface area contributed by atoms with Crippen molar-refractivity contribution < 1.29 is 4.79 Å². The SMILES string of the molecule is CC1CN(C)CCN1C(=O)Cn1nnc(-c2ccccc2)n1. The zero-order valence-corrected chi connectivity index (χ0v) is 12.9.